The van der Waals surface area contributed by atoms with Gasteiger partial charge in [-0.1, -0.05) is 23.3 Å². The van der Waals surface area contributed by atoms with Crippen LogP contribution >= 0.6 is 0 Å². The third-order valence-corrected chi connectivity index (χ3v) is 0.911. The molecule has 0 heterocycles. The summed E-state index contributed by atoms with van der Waals surface area (Å²) in [6.07, 6.45) is 2.50. The van der Waals surface area contributed by atoms with Crippen molar-refractivity contribution in [1.29, 1.82) is 0 Å². The van der Waals surface area contributed by atoms with E-state index in [2.05, 4.69) is 26.0 Å². The van der Waals surface area contributed by atoms with Gasteiger partial charge in [-0.3, -0.25) is 0 Å². The molecule has 10 heavy (non-hydrogen) atoms. The molecule has 0 saturated heterocycles. The Hall–Kier alpha value is -1.25. The second kappa shape index (κ2) is 3.71. The van der Waals surface area contributed by atoms with Crippen LogP contribution in [0.3, 0.4) is 0 Å². The summed E-state index contributed by atoms with van der Waals surface area (Å²) < 4.78 is 0. The molecule has 1 rings (SSSR count). The quantitative estimate of drug-likeness (QED) is 0.544. The van der Waals surface area contributed by atoms with Crippen molar-refractivity contribution in [2.24, 2.45) is 0 Å². The second-order valence-electron chi connectivity index (χ2n) is 2.06. The molecule has 2 N–H and O–H groups in total. The molecule has 0 radical (unpaired) electrons. The summed E-state index contributed by atoms with van der Waals surface area (Å²) in [6, 6.07) is 0. The fourth-order valence-corrected chi connectivity index (χ4v) is 0.705. The number of carboxylic acid groups (broad SMARTS) is 2. The van der Waals surface area contributed by atoms with Crippen LogP contribution in [0.5, 0.6) is 0 Å². The molecule has 0 aromatic heterocycles. The molecule has 1 aliphatic rings. The highest BCUT2D eigenvalue weighted by molar-refractivity contribution is 5.53. The van der Waals surface area contributed by atoms with Crippen molar-refractivity contribution >= 4 is 6.16 Å². The molecule has 0 aromatic rings. The van der Waals surface area contributed by atoms with E-state index in [-0.39, 0.29) is 0 Å². The lowest BCUT2D eigenvalue weighted by atomic mass is 10.0. The summed E-state index contributed by atoms with van der Waals surface area (Å²) in [6.45, 7) is 4.21. The van der Waals surface area contributed by atoms with E-state index < -0.39 is 6.16 Å². The van der Waals surface area contributed by atoms with Gasteiger partial charge in [0.2, 0.25) is 0 Å². The topological polar surface area (TPSA) is 57.5 Å². The van der Waals surface area contributed by atoms with Crippen molar-refractivity contribution in [3.63, 3.8) is 0 Å². The predicted octanol–water partition coefficient (Wildman–Crippen LogP) is 2.12. The summed E-state index contributed by atoms with van der Waals surface area (Å²) in [5.41, 5.74) is 2.79. The summed E-state index contributed by atoms with van der Waals surface area (Å²) in [4.78, 5) is 8.56. The molecule has 0 saturated carbocycles. The van der Waals surface area contributed by atoms with Crippen molar-refractivity contribution in [2.45, 2.75) is 13.8 Å². The van der Waals surface area contributed by atoms with Crippen molar-refractivity contribution in [1.82, 2.24) is 0 Å². The number of hydrogen-bond acceptors (Lipinski definition) is 1. The maximum Gasteiger partial charge on any atom is 0.503 e. The van der Waals surface area contributed by atoms with Crippen LogP contribution in [0.4, 0.5) is 4.79 Å². The molecule has 0 spiro atoms. The van der Waals surface area contributed by atoms with Gasteiger partial charge in [0, 0.05) is 0 Å². The fourth-order valence-electron chi connectivity index (χ4n) is 0.705. The molecule has 3 nitrogen and oxygen atoms in total. The monoisotopic (exact) mass is 142 g/mol. The summed E-state index contributed by atoms with van der Waals surface area (Å²) in [5.74, 6) is 0. The van der Waals surface area contributed by atoms with E-state index in [1.54, 1.807) is 0 Å². The van der Waals surface area contributed by atoms with Gasteiger partial charge in [-0.05, 0) is 13.8 Å². The standard InChI is InChI=1S/C6H8.CH2O3/c1-5-3-6(2)4-5;2-1(3)4/h3-4H,1-2H3;(H2,2,3,4). The van der Waals surface area contributed by atoms with Crippen LogP contribution in [-0.4, -0.2) is 16.4 Å². The van der Waals surface area contributed by atoms with Crippen LogP contribution in [0, 0.1) is 0 Å². The highest BCUT2D eigenvalue weighted by Crippen LogP contribution is 2.13. The first-order chi connectivity index (χ1) is 4.52. The third kappa shape index (κ3) is 4.90. The Morgan fingerprint density at radius 2 is 1.40 bits per heavy atom. The van der Waals surface area contributed by atoms with E-state index in [4.69, 9.17) is 15.0 Å². The lowest BCUT2D eigenvalue weighted by Crippen LogP contribution is -1.82. The zero-order chi connectivity index (χ0) is 8.15. The Morgan fingerprint density at radius 3 is 1.40 bits per heavy atom. The van der Waals surface area contributed by atoms with E-state index in [1.807, 2.05) is 0 Å². The fraction of sp³-hybridized carbons (Fsp3) is 0.286. The molecule has 0 bridgehead atoms. The molecule has 0 aromatic carbocycles. The second-order valence-corrected chi connectivity index (χ2v) is 2.06. The molecule has 0 amide bonds. The Labute approximate surface area is 59.3 Å². The smallest absolute Gasteiger partial charge is 0.450 e. The zero-order valence-electron chi connectivity index (χ0n) is 5.96. The van der Waals surface area contributed by atoms with E-state index in [1.165, 1.54) is 11.1 Å². The summed E-state index contributed by atoms with van der Waals surface area (Å²) in [7, 11) is 0. The zero-order valence-corrected chi connectivity index (χ0v) is 5.96. The Kier molecular flexibility index (Phi) is 3.25. The number of hydrogen-bond donors (Lipinski definition) is 2. The van der Waals surface area contributed by atoms with Crippen molar-refractivity contribution in [3.05, 3.63) is 23.3 Å². The number of allylic oxidation sites excluding steroid dienone is 4. The van der Waals surface area contributed by atoms with Gasteiger partial charge in [0.05, 0.1) is 0 Å². The molecule has 56 valence electrons. The maximum atomic E-state index is 8.56. The van der Waals surface area contributed by atoms with E-state index in [9.17, 15) is 0 Å². The van der Waals surface area contributed by atoms with Crippen molar-refractivity contribution < 1.29 is 15.0 Å². The lowest BCUT2D eigenvalue weighted by Gasteiger charge is -2.03. The lowest BCUT2D eigenvalue weighted by molar-refractivity contribution is 0.137. The van der Waals surface area contributed by atoms with Gasteiger partial charge in [0.25, 0.3) is 0 Å². The van der Waals surface area contributed by atoms with Gasteiger partial charge in [-0.25, -0.2) is 4.79 Å². The van der Waals surface area contributed by atoms with Crippen molar-refractivity contribution in [2.75, 3.05) is 0 Å². The first-order valence-corrected chi connectivity index (χ1v) is 2.81. The van der Waals surface area contributed by atoms with E-state index in [0.717, 1.165) is 0 Å². The van der Waals surface area contributed by atoms with Gasteiger partial charge in [-0.15, -0.1) is 0 Å². The minimum Gasteiger partial charge on any atom is -0.450 e. The van der Waals surface area contributed by atoms with Crippen LogP contribution in [0.15, 0.2) is 23.3 Å². The molecule has 3 heteroatoms. The van der Waals surface area contributed by atoms with Crippen LogP contribution in [0.2, 0.25) is 0 Å². The molecular formula is C7H10O3. The van der Waals surface area contributed by atoms with Gasteiger partial charge in [0.15, 0.2) is 0 Å². The van der Waals surface area contributed by atoms with Crippen LogP contribution in [0.1, 0.15) is 13.8 Å². The Bertz CT molecular complexity index is 164. The van der Waals surface area contributed by atoms with Gasteiger partial charge < -0.3 is 10.2 Å². The third-order valence-electron chi connectivity index (χ3n) is 0.911. The normalized spacial score (nSPS) is 13.4. The Morgan fingerprint density at radius 1 is 1.20 bits per heavy atom. The molecule has 0 unspecified atom stereocenters. The molecule has 0 aliphatic heterocycles. The first kappa shape index (κ1) is 8.75. The highest BCUT2D eigenvalue weighted by atomic mass is 16.6. The minimum absolute atomic E-state index is 1.40. The minimum atomic E-state index is -1.83. The van der Waals surface area contributed by atoms with Gasteiger partial charge in [0.1, 0.15) is 0 Å². The highest BCUT2D eigenvalue weighted by Gasteiger charge is 1.93. The number of carbonyl (C=O) groups is 1. The average molecular weight is 142 g/mol. The van der Waals surface area contributed by atoms with E-state index >= 15 is 0 Å². The van der Waals surface area contributed by atoms with E-state index in [0.29, 0.717) is 0 Å². The van der Waals surface area contributed by atoms with Gasteiger partial charge in [-0.2, -0.15) is 0 Å². The summed E-state index contributed by atoms with van der Waals surface area (Å²) >= 11 is 0. The average Bonchev–Trinajstić information content (AvgIpc) is 1.60. The Balaban J connectivity index is 0.000000180. The van der Waals surface area contributed by atoms with Gasteiger partial charge >= 0.3 is 6.16 Å². The van der Waals surface area contributed by atoms with Crippen LogP contribution < -0.4 is 0 Å². The molecule has 1 aliphatic carbocycles. The predicted molar refractivity (Wildman–Crippen MR) is 38.2 cm³/mol. The maximum absolute atomic E-state index is 8.56. The molecular weight excluding hydrogens is 132 g/mol. The first-order valence-electron chi connectivity index (χ1n) is 2.81. The van der Waals surface area contributed by atoms with Crippen LogP contribution in [0.25, 0.3) is 0 Å². The van der Waals surface area contributed by atoms with Crippen LogP contribution in [-0.2, 0) is 0 Å². The largest absolute Gasteiger partial charge is 0.503 e. The summed E-state index contributed by atoms with van der Waals surface area (Å²) in [5, 5.41) is 13.9. The molecule has 0 fully saturated rings. The SMILES string of the molecule is CC1=CC(C)=C1.O=C(O)O. The molecule has 0 atom stereocenters. The van der Waals surface area contributed by atoms with Crippen molar-refractivity contribution in [3.8, 4) is 0 Å². The number of rotatable bonds is 0.